The first-order valence-corrected chi connectivity index (χ1v) is 15.1. The Bertz CT molecular complexity index is 1850. The highest BCUT2D eigenvalue weighted by Gasteiger charge is 2.46. The van der Waals surface area contributed by atoms with Crippen molar-refractivity contribution in [2.75, 3.05) is 26.4 Å². The van der Waals surface area contributed by atoms with Crippen LogP contribution in [0, 0.1) is 6.92 Å². The van der Waals surface area contributed by atoms with E-state index in [9.17, 15) is 9.59 Å². The summed E-state index contributed by atoms with van der Waals surface area (Å²) in [5.74, 6) is 0.398. The van der Waals surface area contributed by atoms with Crippen molar-refractivity contribution in [3.63, 3.8) is 0 Å². The lowest BCUT2D eigenvalue weighted by Crippen LogP contribution is -2.28. The number of hydrogen-bond donors (Lipinski definition) is 0. The summed E-state index contributed by atoms with van der Waals surface area (Å²) < 4.78 is 21.9. The van der Waals surface area contributed by atoms with Gasteiger partial charge in [-0.3, -0.25) is 0 Å². The molecular formula is C40H34O6. The molecule has 0 aromatic heterocycles. The molecule has 0 saturated heterocycles. The zero-order valence-electron chi connectivity index (χ0n) is 25.7. The molecule has 6 rings (SSSR count). The van der Waals surface area contributed by atoms with Gasteiger partial charge in [0.1, 0.15) is 37.9 Å². The number of fused-ring (bicyclic) bond motifs is 5. The van der Waals surface area contributed by atoms with Crippen molar-refractivity contribution in [3.8, 4) is 22.6 Å². The SMILES string of the molecule is C=CC(=O)OCCOc1ccc(C2(c3ccc(OCCOC(=O)C=C)cc3)c3ccc(C)cc3-c3c2ccc2ccccc32)cc1. The number of ether oxygens (including phenoxy) is 4. The molecule has 5 aromatic rings. The maximum absolute atomic E-state index is 11.4. The molecule has 0 bridgehead atoms. The summed E-state index contributed by atoms with van der Waals surface area (Å²) in [5.41, 5.74) is 7.56. The number of aryl methyl sites for hydroxylation is 1. The van der Waals surface area contributed by atoms with Gasteiger partial charge in [-0.25, -0.2) is 9.59 Å². The van der Waals surface area contributed by atoms with Crippen molar-refractivity contribution in [3.05, 3.63) is 156 Å². The normalized spacial score (nSPS) is 12.5. The van der Waals surface area contributed by atoms with Gasteiger partial charge in [-0.05, 0) is 75.3 Å². The highest BCUT2D eigenvalue weighted by Crippen LogP contribution is 2.58. The molecular weight excluding hydrogens is 576 g/mol. The van der Waals surface area contributed by atoms with E-state index in [1.807, 2.05) is 24.3 Å². The lowest BCUT2D eigenvalue weighted by atomic mass is 9.67. The number of rotatable bonds is 12. The fourth-order valence-electron chi connectivity index (χ4n) is 6.32. The van der Waals surface area contributed by atoms with Crippen molar-refractivity contribution in [1.82, 2.24) is 0 Å². The Morgan fingerprint density at radius 3 is 1.76 bits per heavy atom. The van der Waals surface area contributed by atoms with E-state index in [-0.39, 0.29) is 26.4 Å². The molecule has 5 aromatic carbocycles. The van der Waals surface area contributed by atoms with Gasteiger partial charge in [0.25, 0.3) is 0 Å². The van der Waals surface area contributed by atoms with Crippen LogP contribution < -0.4 is 9.47 Å². The number of esters is 2. The van der Waals surface area contributed by atoms with Crippen LogP contribution in [0.2, 0.25) is 0 Å². The van der Waals surface area contributed by atoms with Crippen molar-refractivity contribution in [1.29, 1.82) is 0 Å². The van der Waals surface area contributed by atoms with Crippen molar-refractivity contribution < 1.29 is 28.5 Å². The molecule has 0 saturated carbocycles. The standard InChI is InChI=1S/C40H34O6/c1-4-37(41)45-24-22-43-31-16-12-29(13-17-31)40(30-14-18-32(19-15-30)44-23-25-46-38(42)5-2)35-20-10-27(3)26-34(35)39-33-9-7-6-8-28(33)11-21-36(39)40/h4-21,26H,1-2,22-25H2,3H3. The number of benzene rings is 5. The van der Waals surface area contributed by atoms with Crippen LogP contribution >= 0.6 is 0 Å². The van der Waals surface area contributed by atoms with E-state index in [2.05, 4.69) is 98.9 Å². The Hall–Kier alpha value is -5.62. The minimum atomic E-state index is -0.627. The van der Waals surface area contributed by atoms with Gasteiger partial charge in [0.05, 0.1) is 5.41 Å². The average Bonchev–Trinajstić information content (AvgIpc) is 3.39. The molecule has 0 amide bonds. The first-order chi connectivity index (χ1) is 22.4. The van der Waals surface area contributed by atoms with Crippen LogP contribution in [0.1, 0.15) is 27.8 Å². The summed E-state index contributed by atoms with van der Waals surface area (Å²) in [5, 5.41) is 2.39. The number of carbonyl (C=O) groups is 2. The lowest BCUT2D eigenvalue weighted by molar-refractivity contribution is -0.139. The second kappa shape index (κ2) is 13.2. The van der Waals surface area contributed by atoms with Crippen LogP contribution in [0.3, 0.4) is 0 Å². The third-order valence-corrected chi connectivity index (χ3v) is 8.28. The first kappa shape index (κ1) is 30.4. The smallest absolute Gasteiger partial charge is 0.330 e. The molecule has 0 spiro atoms. The van der Waals surface area contributed by atoms with Gasteiger partial charge in [0.2, 0.25) is 0 Å². The van der Waals surface area contributed by atoms with E-state index in [1.54, 1.807) is 0 Å². The van der Waals surface area contributed by atoms with E-state index >= 15 is 0 Å². The van der Waals surface area contributed by atoms with Gasteiger partial charge < -0.3 is 18.9 Å². The molecule has 0 aliphatic heterocycles. The molecule has 0 N–H and O–H groups in total. The third-order valence-electron chi connectivity index (χ3n) is 8.28. The van der Waals surface area contributed by atoms with E-state index in [4.69, 9.17) is 18.9 Å². The van der Waals surface area contributed by atoms with Crippen LogP contribution in [0.4, 0.5) is 0 Å². The van der Waals surface area contributed by atoms with Crippen LogP contribution in [-0.4, -0.2) is 38.4 Å². The summed E-state index contributed by atoms with van der Waals surface area (Å²) in [6.07, 6.45) is 2.27. The molecule has 0 radical (unpaired) electrons. The molecule has 0 atom stereocenters. The quantitative estimate of drug-likeness (QED) is 0.0803. The summed E-state index contributed by atoms with van der Waals surface area (Å²) in [6.45, 7) is 9.69. The molecule has 46 heavy (non-hydrogen) atoms. The summed E-state index contributed by atoms with van der Waals surface area (Å²) >= 11 is 0. The van der Waals surface area contributed by atoms with Crippen molar-refractivity contribution >= 4 is 22.7 Å². The van der Waals surface area contributed by atoms with E-state index in [0.717, 1.165) is 23.3 Å². The average molecular weight is 611 g/mol. The summed E-state index contributed by atoms with van der Waals surface area (Å²) in [6, 6.07) is 35.9. The molecule has 1 aliphatic rings. The van der Waals surface area contributed by atoms with Gasteiger partial charge in [-0.2, -0.15) is 0 Å². The topological polar surface area (TPSA) is 71.1 Å². The maximum Gasteiger partial charge on any atom is 0.330 e. The maximum atomic E-state index is 11.4. The fourth-order valence-corrected chi connectivity index (χ4v) is 6.32. The molecule has 1 aliphatic carbocycles. The van der Waals surface area contributed by atoms with Crippen LogP contribution in [0.5, 0.6) is 11.5 Å². The molecule has 0 heterocycles. The highest BCUT2D eigenvalue weighted by atomic mass is 16.6. The summed E-state index contributed by atoms with van der Waals surface area (Å²) in [4.78, 5) is 22.8. The zero-order chi connectivity index (χ0) is 32.1. The molecule has 0 unspecified atom stereocenters. The number of carbonyl (C=O) groups excluding carboxylic acids is 2. The Labute approximate surface area is 268 Å². The minimum Gasteiger partial charge on any atom is -0.490 e. The second-order valence-electron chi connectivity index (χ2n) is 11.0. The van der Waals surface area contributed by atoms with Gasteiger partial charge in [-0.1, -0.05) is 97.6 Å². The lowest BCUT2D eigenvalue weighted by Gasteiger charge is -2.34. The highest BCUT2D eigenvalue weighted by molar-refractivity contribution is 6.04. The second-order valence-corrected chi connectivity index (χ2v) is 11.0. The Morgan fingerprint density at radius 1 is 0.652 bits per heavy atom. The molecule has 6 heteroatoms. The van der Waals surface area contributed by atoms with E-state index < -0.39 is 17.4 Å². The minimum absolute atomic E-state index is 0.134. The fraction of sp³-hybridized carbons (Fsp3) is 0.150. The first-order valence-electron chi connectivity index (χ1n) is 15.1. The summed E-state index contributed by atoms with van der Waals surface area (Å²) in [7, 11) is 0. The van der Waals surface area contributed by atoms with Crippen molar-refractivity contribution in [2.45, 2.75) is 12.3 Å². The molecule has 6 nitrogen and oxygen atoms in total. The van der Waals surface area contributed by atoms with Crippen LogP contribution in [0.25, 0.3) is 21.9 Å². The largest absolute Gasteiger partial charge is 0.490 e. The van der Waals surface area contributed by atoms with Crippen molar-refractivity contribution in [2.24, 2.45) is 0 Å². The van der Waals surface area contributed by atoms with Gasteiger partial charge in [0, 0.05) is 12.2 Å². The third kappa shape index (κ3) is 5.66. The Balaban J connectivity index is 1.44. The van der Waals surface area contributed by atoms with Gasteiger partial charge in [0.15, 0.2) is 0 Å². The predicted molar refractivity (Wildman–Crippen MR) is 179 cm³/mol. The van der Waals surface area contributed by atoms with E-state index in [1.165, 1.54) is 38.6 Å². The Morgan fingerprint density at radius 2 is 1.20 bits per heavy atom. The van der Waals surface area contributed by atoms with Gasteiger partial charge >= 0.3 is 11.9 Å². The number of hydrogen-bond acceptors (Lipinski definition) is 6. The van der Waals surface area contributed by atoms with Crippen LogP contribution in [0.15, 0.2) is 128 Å². The zero-order valence-corrected chi connectivity index (χ0v) is 25.7. The molecule has 230 valence electrons. The monoisotopic (exact) mass is 610 g/mol. The van der Waals surface area contributed by atoms with Gasteiger partial charge in [-0.15, -0.1) is 0 Å². The van der Waals surface area contributed by atoms with Crippen LogP contribution in [-0.2, 0) is 24.5 Å². The van der Waals surface area contributed by atoms with E-state index in [0.29, 0.717) is 11.5 Å². The Kier molecular flexibility index (Phi) is 8.70. The molecule has 0 fully saturated rings. The predicted octanol–water partition coefficient (Wildman–Crippen LogP) is 7.73.